The number of hydrogen-bond donors (Lipinski definition) is 1. The molecule has 3 atom stereocenters. The minimum absolute atomic E-state index is 0.0245. The summed E-state index contributed by atoms with van der Waals surface area (Å²) in [6, 6.07) is 7.86. The fourth-order valence-electron chi connectivity index (χ4n) is 4.95. The standard InChI is InChI=1S/C24H28F2N6O2/c1-14(2)32-24(34-18-6-7-19(25)20(26)11-18)29-23(30-32)28-22-15-4-5-16(22)13-31(12-15)17-8-9-27-21(10-17)33-3/h6-11,14-16,22H,4-5,12-13H2,1-3H3,(H,28,30)/t15-,16+,22-. The fraction of sp³-hybridized carbons (Fsp3) is 0.458. The Morgan fingerprint density at radius 3 is 2.50 bits per heavy atom. The van der Waals surface area contributed by atoms with Gasteiger partial charge in [-0.05, 0) is 56.7 Å². The number of hydrogen-bond acceptors (Lipinski definition) is 7. The minimum Gasteiger partial charge on any atom is -0.481 e. The van der Waals surface area contributed by atoms with Crippen molar-refractivity contribution >= 4 is 11.6 Å². The summed E-state index contributed by atoms with van der Waals surface area (Å²) in [5.74, 6) is 0.253. The zero-order valence-corrected chi connectivity index (χ0v) is 19.4. The summed E-state index contributed by atoms with van der Waals surface area (Å²) in [5, 5.41) is 8.14. The first-order chi connectivity index (χ1) is 16.4. The van der Waals surface area contributed by atoms with Crippen LogP contribution in [-0.2, 0) is 0 Å². The predicted molar refractivity (Wildman–Crippen MR) is 123 cm³/mol. The number of piperidine rings is 1. The Morgan fingerprint density at radius 1 is 1.06 bits per heavy atom. The number of anilines is 2. The van der Waals surface area contributed by atoms with Crippen molar-refractivity contribution in [2.24, 2.45) is 11.8 Å². The summed E-state index contributed by atoms with van der Waals surface area (Å²) in [5.41, 5.74) is 1.12. The van der Waals surface area contributed by atoms with Crippen LogP contribution in [0.4, 0.5) is 20.4 Å². The van der Waals surface area contributed by atoms with Crippen molar-refractivity contribution < 1.29 is 18.3 Å². The minimum atomic E-state index is -0.971. The molecule has 2 bridgehead atoms. The maximum Gasteiger partial charge on any atom is 0.322 e. The maximum atomic E-state index is 13.6. The van der Waals surface area contributed by atoms with Crippen LogP contribution < -0.4 is 19.7 Å². The lowest BCUT2D eigenvalue weighted by molar-refractivity contribution is 0.371. The van der Waals surface area contributed by atoms with Gasteiger partial charge in [0.05, 0.1) is 13.2 Å². The zero-order chi connectivity index (χ0) is 23.8. The highest BCUT2D eigenvalue weighted by molar-refractivity contribution is 5.49. The molecular formula is C24H28F2N6O2. The highest BCUT2D eigenvalue weighted by Gasteiger charge is 2.42. The summed E-state index contributed by atoms with van der Waals surface area (Å²) in [6.45, 7) is 5.76. The average molecular weight is 471 g/mol. The van der Waals surface area contributed by atoms with Crippen molar-refractivity contribution in [2.45, 2.75) is 38.8 Å². The molecule has 2 fully saturated rings. The largest absolute Gasteiger partial charge is 0.481 e. The summed E-state index contributed by atoms with van der Waals surface area (Å²) in [4.78, 5) is 11.1. The van der Waals surface area contributed by atoms with E-state index in [0.29, 0.717) is 23.7 Å². The molecule has 1 aromatic carbocycles. The molecule has 3 aromatic rings. The van der Waals surface area contributed by atoms with Gasteiger partial charge in [0, 0.05) is 43.1 Å². The lowest BCUT2D eigenvalue weighted by atomic mass is 9.92. The van der Waals surface area contributed by atoms with Gasteiger partial charge in [-0.25, -0.2) is 18.4 Å². The number of rotatable bonds is 7. The number of nitrogens with one attached hydrogen (secondary N) is 1. The van der Waals surface area contributed by atoms with Crippen LogP contribution in [0.15, 0.2) is 36.5 Å². The third kappa shape index (κ3) is 4.36. The molecule has 1 saturated carbocycles. The van der Waals surface area contributed by atoms with E-state index in [1.54, 1.807) is 18.0 Å². The van der Waals surface area contributed by atoms with E-state index in [-0.39, 0.29) is 23.8 Å². The molecule has 180 valence electrons. The third-order valence-electron chi connectivity index (χ3n) is 6.61. The summed E-state index contributed by atoms with van der Waals surface area (Å²) in [6.07, 6.45) is 4.03. The second-order valence-electron chi connectivity index (χ2n) is 9.16. The molecule has 0 unspecified atom stereocenters. The van der Waals surface area contributed by atoms with Crippen LogP contribution in [-0.4, -0.2) is 46.0 Å². The molecule has 5 rings (SSSR count). The number of pyridine rings is 1. The molecule has 1 N–H and O–H groups in total. The molecule has 1 saturated heterocycles. The molecule has 1 aliphatic heterocycles. The molecule has 34 heavy (non-hydrogen) atoms. The average Bonchev–Trinajstić information content (AvgIpc) is 3.32. The summed E-state index contributed by atoms with van der Waals surface area (Å²) < 4.78 is 39.6. The van der Waals surface area contributed by atoms with E-state index in [1.165, 1.54) is 6.07 Å². The number of halogens is 2. The van der Waals surface area contributed by atoms with Gasteiger partial charge in [-0.3, -0.25) is 0 Å². The zero-order valence-electron chi connectivity index (χ0n) is 19.4. The second-order valence-corrected chi connectivity index (χ2v) is 9.16. The van der Waals surface area contributed by atoms with E-state index in [9.17, 15) is 8.78 Å². The second kappa shape index (κ2) is 9.08. The summed E-state index contributed by atoms with van der Waals surface area (Å²) >= 11 is 0. The lowest BCUT2D eigenvalue weighted by Gasteiger charge is -2.39. The smallest absolute Gasteiger partial charge is 0.322 e. The lowest BCUT2D eigenvalue weighted by Crippen LogP contribution is -2.48. The monoisotopic (exact) mass is 470 g/mol. The SMILES string of the molecule is COc1cc(N2C[C@H]3CC[C@@H](C2)[C@@H]3Nc2nc(Oc3ccc(F)c(F)c3)n(C(C)C)n2)ccn1. The van der Waals surface area contributed by atoms with E-state index in [1.807, 2.05) is 26.0 Å². The molecule has 10 heteroatoms. The Morgan fingerprint density at radius 2 is 1.82 bits per heavy atom. The maximum absolute atomic E-state index is 13.6. The number of methoxy groups -OCH3 is 1. The molecule has 2 aromatic heterocycles. The Kier molecular flexibility index (Phi) is 5.97. The van der Waals surface area contributed by atoms with Crippen molar-refractivity contribution in [1.29, 1.82) is 0 Å². The van der Waals surface area contributed by atoms with E-state index in [2.05, 4.69) is 25.3 Å². The first-order valence-corrected chi connectivity index (χ1v) is 11.5. The first-order valence-electron chi connectivity index (χ1n) is 11.5. The highest BCUT2D eigenvalue weighted by atomic mass is 19.2. The van der Waals surface area contributed by atoms with E-state index < -0.39 is 11.6 Å². The van der Waals surface area contributed by atoms with Crippen LogP contribution in [0.25, 0.3) is 0 Å². The van der Waals surface area contributed by atoms with Crippen molar-refractivity contribution in [3.8, 4) is 17.6 Å². The third-order valence-corrected chi connectivity index (χ3v) is 6.61. The van der Waals surface area contributed by atoms with Crippen LogP contribution in [0.1, 0.15) is 32.7 Å². The van der Waals surface area contributed by atoms with Crippen molar-refractivity contribution in [3.05, 3.63) is 48.2 Å². The normalized spacial score (nSPS) is 21.7. The molecular weight excluding hydrogens is 442 g/mol. The Hall–Kier alpha value is -3.43. The van der Waals surface area contributed by atoms with Gasteiger partial charge in [0.1, 0.15) is 5.75 Å². The number of nitrogens with zero attached hydrogens (tertiary/aromatic N) is 5. The van der Waals surface area contributed by atoms with Crippen molar-refractivity contribution in [3.63, 3.8) is 0 Å². The van der Waals surface area contributed by atoms with E-state index in [0.717, 1.165) is 43.8 Å². The molecule has 0 radical (unpaired) electrons. The van der Waals surface area contributed by atoms with Gasteiger partial charge in [-0.2, -0.15) is 4.98 Å². The van der Waals surface area contributed by atoms with Gasteiger partial charge in [-0.15, -0.1) is 5.10 Å². The molecule has 8 nitrogen and oxygen atoms in total. The molecule has 1 aliphatic carbocycles. The number of aromatic nitrogens is 4. The number of fused-ring (bicyclic) bond motifs is 2. The van der Waals surface area contributed by atoms with E-state index in [4.69, 9.17) is 9.47 Å². The van der Waals surface area contributed by atoms with Gasteiger partial charge in [0.2, 0.25) is 11.8 Å². The van der Waals surface area contributed by atoms with Crippen molar-refractivity contribution in [2.75, 3.05) is 30.4 Å². The van der Waals surface area contributed by atoms with Gasteiger partial charge < -0.3 is 19.7 Å². The first kappa shape index (κ1) is 22.4. The number of benzene rings is 1. The molecule has 3 heterocycles. The predicted octanol–water partition coefficient (Wildman–Crippen LogP) is 4.66. The van der Waals surface area contributed by atoms with Crippen LogP contribution >= 0.6 is 0 Å². The molecule has 0 amide bonds. The fourth-order valence-corrected chi connectivity index (χ4v) is 4.95. The Labute approximate surface area is 196 Å². The molecule has 0 spiro atoms. The van der Waals surface area contributed by atoms with Crippen LogP contribution in [0.3, 0.4) is 0 Å². The quantitative estimate of drug-likeness (QED) is 0.538. The van der Waals surface area contributed by atoms with Gasteiger partial charge in [-0.1, -0.05) is 0 Å². The van der Waals surface area contributed by atoms with Gasteiger partial charge in [0.25, 0.3) is 0 Å². The highest BCUT2D eigenvalue weighted by Crippen LogP contribution is 2.40. The van der Waals surface area contributed by atoms with Crippen LogP contribution in [0, 0.1) is 23.5 Å². The topological polar surface area (TPSA) is 77.3 Å². The van der Waals surface area contributed by atoms with Gasteiger partial charge in [0.15, 0.2) is 11.6 Å². The van der Waals surface area contributed by atoms with Crippen LogP contribution in [0.2, 0.25) is 0 Å². The van der Waals surface area contributed by atoms with Crippen molar-refractivity contribution in [1.82, 2.24) is 19.7 Å². The van der Waals surface area contributed by atoms with E-state index >= 15 is 0 Å². The van der Waals surface area contributed by atoms with Gasteiger partial charge >= 0.3 is 6.01 Å². The Balaban J connectivity index is 1.32. The summed E-state index contributed by atoms with van der Waals surface area (Å²) in [7, 11) is 1.62. The number of ether oxygens (including phenoxy) is 2. The van der Waals surface area contributed by atoms with Crippen LogP contribution in [0.5, 0.6) is 17.6 Å². The Bertz CT molecular complexity index is 1160. The molecule has 2 aliphatic rings.